The van der Waals surface area contributed by atoms with Crippen molar-refractivity contribution < 1.29 is 9.13 Å². The summed E-state index contributed by atoms with van der Waals surface area (Å²) in [4.78, 5) is 0. The average molecular weight is 167 g/mol. The summed E-state index contributed by atoms with van der Waals surface area (Å²) in [6.45, 7) is 0.884. The Bertz CT molecular complexity index is 301. The first-order valence-electron chi connectivity index (χ1n) is 3.89. The zero-order valence-electron chi connectivity index (χ0n) is 6.59. The van der Waals surface area contributed by atoms with E-state index >= 15 is 0 Å². The normalized spacial score (nSPS) is 22.0. The number of nitrogens with two attached hydrogens (primary N) is 1. The lowest BCUT2D eigenvalue weighted by atomic mass is 9.99. The standard InChI is InChI=1S/C9H10FNO/c10-7-3-1-2-6-4-12-5-8(11)9(6)7/h1-3,8H,4-5,11H2/t8-/m1/s1. The molecule has 1 heterocycles. The lowest BCUT2D eigenvalue weighted by molar-refractivity contribution is 0.0907. The molecular formula is C9H10FNO. The van der Waals surface area contributed by atoms with E-state index in [0.29, 0.717) is 18.8 Å². The topological polar surface area (TPSA) is 35.2 Å². The Balaban J connectivity index is 2.53. The van der Waals surface area contributed by atoms with Crippen LogP contribution in [0.5, 0.6) is 0 Å². The highest BCUT2D eigenvalue weighted by molar-refractivity contribution is 5.32. The number of hydrogen-bond acceptors (Lipinski definition) is 2. The molecule has 2 rings (SSSR count). The Labute approximate surface area is 70.1 Å². The number of fused-ring (bicyclic) bond motifs is 1. The van der Waals surface area contributed by atoms with Gasteiger partial charge in [0.05, 0.1) is 19.3 Å². The molecule has 0 unspecified atom stereocenters. The maximum Gasteiger partial charge on any atom is 0.128 e. The lowest BCUT2D eigenvalue weighted by Crippen LogP contribution is -2.24. The van der Waals surface area contributed by atoms with Crippen LogP contribution in [0.1, 0.15) is 17.2 Å². The highest BCUT2D eigenvalue weighted by atomic mass is 19.1. The fraction of sp³-hybridized carbons (Fsp3) is 0.333. The molecule has 1 aliphatic heterocycles. The molecule has 0 fully saturated rings. The van der Waals surface area contributed by atoms with Crippen molar-refractivity contribution in [1.29, 1.82) is 0 Å². The van der Waals surface area contributed by atoms with Gasteiger partial charge in [-0.1, -0.05) is 12.1 Å². The second-order valence-corrected chi connectivity index (χ2v) is 2.93. The van der Waals surface area contributed by atoms with Crippen LogP contribution in [0.4, 0.5) is 4.39 Å². The van der Waals surface area contributed by atoms with Gasteiger partial charge < -0.3 is 10.5 Å². The zero-order chi connectivity index (χ0) is 8.55. The minimum Gasteiger partial charge on any atom is -0.375 e. The maximum atomic E-state index is 13.2. The third-order valence-electron chi connectivity index (χ3n) is 2.07. The molecule has 0 saturated carbocycles. The van der Waals surface area contributed by atoms with E-state index in [1.54, 1.807) is 6.07 Å². The van der Waals surface area contributed by atoms with Gasteiger partial charge in [-0.3, -0.25) is 0 Å². The molecular weight excluding hydrogens is 157 g/mol. The maximum absolute atomic E-state index is 13.2. The van der Waals surface area contributed by atoms with Gasteiger partial charge in [-0.2, -0.15) is 0 Å². The Kier molecular flexibility index (Phi) is 1.83. The summed E-state index contributed by atoms with van der Waals surface area (Å²) >= 11 is 0. The van der Waals surface area contributed by atoms with E-state index in [9.17, 15) is 4.39 Å². The highest BCUT2D eigenvalue weighted by Gasteiger charge is 2.20. The summed E-state index contributed by atoms with van der Waals surface area (Å²) in [6, 6.07) is 4.65. The minimum absolute atomic E-state index is 0.219. The predicted octanol–water partition coefficient (Wildman–Crippen LogP) is 1.36. The second kappa shape index (κ2) is 2.84. The van der Waals surface area contributed by atoms with E-state index in [0.717, 1.165) is 5.56 Å². The molecule has 64 valence electrons. The quantitative estimate of drug-likeness (QED) is 0.633. The third kappa shape index (κ3) is 1.11. The molecule has 0 aromatic heterocycles. The van der Waals surface area contributed by atoms with Crippen LogP contribution < -0.4 is 5.73 Å². The van der Waals surface area contributed by atoms with Crippen molar-refractivity contribution in [2.75, 3.05) is 6.61 Å². The lowest BCUT2D eigenvalue weighted by Gasteiger charge is -2.22. The van der Waals surface area contributed by atoms with E-state index in [1.807, 2.05) is 6.07 Å². The number of hydrogen-bond donors (Lipinski definition) is 1. The molecule has 1 aromatic rings. The van der Waals surface area contributed by atoms with Crippen LogP contribution in [-0.2, 0) is 11.3 Å². The Morgan fingerprint density at radius 2 is 2.33 bits per heavy atom. The number of halogens is 1. The Morgan fingerprint density at radius 3 is 3.08 bits per heavy atom. The zero-order valence-corrected chi connectivity index (χ0v) is 6.59. The van der Waals surface area contributed by atoms with Gasteiger partial charge in [0, 0.05) is 5.56 Å². The van der Waals surface area contributed by atoms with Gasteiger partial charge in [0.1, 0.15) is 5.82 Å². The van der Waals surface area contributed by atoms with E-state index in [2.05, 4.69) is 0 Å². The smallest absolute Gasteiger partial charge is 0.128 e. The molecule has 3 heteroatoms. The summed E-state index contributed by atoms with van der Waals surface area (Å²) in [5.74, 6) is -0.219. The van der Waals surface area contributed by atoms with E-state index in [-0.39, 0.29) is 11.9 Å². The highest BCUT2D eigenvalue weighted by Crippen LogP contribution is 2.25. The van der Waals surface area contributed by atoms with Crippen molar-refractivity contribution in [1.82, 2.24) is 0 Å². The first kappa shape index (κ1) is 7.71. The second-order valence-electron chi connectivity index (χ2n) is 2.93. The fourth-order valence-electron chi connectivity index (χ4n) is 1.50. The molecule has 0 saturated heterocycles. The summed E-state index contributed by atoms with van der Waals surface area (Å²) in [5.41, 5.74) is 7.17. The Hall–Kier alpha value is -0.930. The van der Waals surface area contributed by atoms with Crippen LogP contribution >= 0.6 is 0 Å². The number of benzene rings is 1. The first-order valence-corrected chi connectivity index (χ1v) is 3.89. The molecule has 0 amide bonds. The predicted molar refractivity (Wildman–Crippen MR) is 43.0 cm³/mol. The van der Waals surface area contributed by atoms with Gasteiger partial charge in [0.2, 0.25) is 0 Å². The van der Waals surface area contributed by atoms with Crippen LogP contribution in [0.25, 0.3) is 0 Å². The van der Waals surface area contributed by atoms with Crippen LogP contribution in [0, 0.1) is 5.82 Å². The molecule has 0 bridgehead atoms. The van der Waals surface area contributed by atoms with Gasteiger partial charge in [-0.25, -0.2) is 4.39 Å². The minimum atomic E-state index is -0.310. The van der Waals surface area contributed by atoms with Gasteiger partial charge in [-0.05, 0) is 11.6 Å². The van der Waals surface area contributed by atoms with Crippen LogP contribution in [0.3, 0.4) is 0 Å². The van der Waals surface area contributed by atoms with E-state index in [1.165, 1.54) is 6.07 Å². The molecule has 12 heavy (non-hydrogen) atoms. The van der Waals surface area contributed by atoms with Gasteiger partial charge in [-0.15, -0.1) is 0 Å². The summed E-state index contributed by atoms with van der Waals surface area (Å²) in [7, 11) is 0. The van der Waals surface area contributed by atoms with E-state index < -0.39 is 0 Å². The molecule has 1 aromatic carbocycles. The summed E-state index contributed by atoms with van der Waals surface area (Å²) in [5, 5.41) is 0. The molecule has 0 aliphatic carbocycles. The molecule has 1 aliphatic rings. The Morgan fingerprint density at radius 1 is 1.50 bits per heavy atom. The summed E-state index contributed by atoms with van der Waals surface area (Å²) < 4.78 is 18.4. The first-order chi connectivity index (χ1) is 5.79. The average Bonchev–Trinajstić information content (AvgIpc) is 2.04. The van der Waals surface area contributed by atoms with Gasteiger partial charge in [0.15, 0.2) is 0 Å². The molecule has 0 radical (unpaired) electrons. The van der Waals surface area contributed by atoms with Crippen molar-refractivity contribution in [3.63, 3.8) is 0 Å². The van der Waals surface area contributed by atoms with Crippen LogP contribution in [0.15, 0.2) is 18.2 Å². The van der Waals surface area contributed by atoms with Crippen molar-refractivity contribution in [3.05, 3.63) is 35.1 Å². The SMILES string of the molecule is N[C@@H]1COCc2cccc(F)c21. The monoisotopic (exact) mass is 167 g/mol. The fourth-order valence-corrected chi connectivity index (χ4v) is 1.50. The van der Waals surface area contributed by atoms with Crippen molar-refractivity contribution in [3.8, 4) is 0 Å². The van der Waals surface area contributed by atoms with Gasteiger partial charge >= 0.3 is 0 Å². The summed E-state index contributed by atoms with van der Waals surface area (Å²) in [6.07, 6.45) is 0. The van der Waals surface area contributed by atoms with E-state index in [4.69, 9.17) is 10.5 Å². The van der Waals surface area contributed by atoms with Gasteiger partial charge in [0.25, 0.3) is 0 Å². The van der Waals surface area contributed by atoms with Crippen molar-refractivity contribution >= 4 is 0 Å². The largest absolute Gasteiger partial charge is 0.375 e. The van der Waals surface area contributed by atoms with Crippen molar-refractivity contribution in [2.45, 2.75) is 12.6 Å². The molecule has 2 nitrogen and oxygen atoms in total. The van der Waals surface area contributed by atoms with Crippen LogP contribution in [-0.4, -0.2) is 6.61 Å². The molecule has 0 spiro atoms. The number of rotatable bonds is 0. The van der Waals surface area contributed by atoms with Crippen molar-refractivity contribution in [2.24, 2.45) is 5.73 Å². The van der Waals surface area contributed by atoms with Crippen LogP contribution in [0.2, 0.25) is 0 Å². The molecule has 1 atom stereocenters. The molecule has 2 N–H and O–H groups in total. The number of ether oxygens (including phenoxy) is 1. The third-order valence-corrected chi connectivity index (χ3v) is 2.07.